The summed E-state index contributed by atoms with van der Waals surface area (Å²) in [5, 5.41) is 10.4. The molecule has 0 saturated carbocycles. The van der Waals surface area contributed by atoms with Crippen molar-refractivity contribution in [2.75, 3.05) is 20.8 Å². The summed E-state index contributed by atoms with van der Waals surface area (Å²) in [4.78, 5) is 0. The van der Waals surface area contributed by atoms with Gasteiger partial charge in [-0.15, -0.1) is 0 Å². The van der Waals surface area contributed by atoms with Gasteiger partial charge in [-0.2, -0.15) is 0 Å². The van der Waals surface area contributed by atoms with E-state index in [0.29, 0.717) is 12.2 Å². The van der Waals surface area contributed by atoms with Gasteiger partial charge < -0.3 is 19.3 Å². The van der Waals surface area contributed by atoms with Crippen molar-refractivity contribution in [3.8, 4) is 5.75 Å². The van der Waals surface area contributed by atoms with Gasteiger partial charge in [-0.25, -0.2) is 0 Å². The fraction of sp³-hybridized carbons (Fsp3) is 0.538. The smallest absolute Gasteiger partial charge is 0.189 e. The predicted octanol–water partition coefficient (Wildman–Crippen LogP) is 1.91. The summed E-state index contributed by atoms with van der Waals surface area (Å²) in [6, 6.07) is 7.27. The summed E-state index contributed by atoms with van der Waals surface area (Å²) >= 11 is 0. The zero-order valence-corrected chi connectivity index (χ0v) is 10.8. The van der Waals surface area contributed by atoms with Crippen LogP contribution in [0.5, 0.6) is 5.75 Å². The third-order valence-corrected chi connectivity index (χ3v) is 2.62. The first-order valence-corrected chi connectivity index (χ1v) is 5.57. The van der Waals surface area contributed by atoms with Gasteiger partial charge in [0.25, 0.3) is 0 Å². The minimum Gasteiger partial charge on any atom is -0.494 e. The van der Waals surface area contributed by atoms with Crippen molar-refractivity contribution in [2.24, 2.45) is 0 Å². The molecule has 1 atom stereocenters. The molecule has 1 rings (SSSR count). The van der Waals surface area contributed by atoms with Gasteiger partial charge >= 0.3 is 0 Å². The van der Waals surface area contributed by atoms with Crippen LogP contribution in [-0.4, -0.2) is 32.2 Å². The van der Waals surface area contributed by atoms with Crippen molar-refractivity contribution < 1.29 is 19.3 Å². The lowest BCUT2D eigenvalue weighted by Gasteiger charge is -2.31. The molecule has 1 aromatic rings. The lowest BCUT2D eigenvalue weighted by Crippen LogP contribution is -2.39. The number of hydrogen-bond acceptors (Lipinski definition) is 4. The third-order valence-electron chi connectivity index (χ3n) is 2.62. The van der Waals surface area contributed by atoms with E-state index in [-0.39, 0.29) is 0 Å². The quantitative estimate of drug-likeness (QED) is 0.772. The molecule has 0 aliphatic heterocycles. The largest absolute Gasteiger partial charge is 0.494 e. The molecular weight excluding hydrogens is 220 g/mol. The lowest BCUT2D eigenvalue weighted by molar-refractivity contribution is -0.213. The van der Waals surface area contributed by atoms with E-state index in [0.717, 1.165) is 5.75 Å². The molecule has 0 spiro atoms. The summed E-state index contributed by atoms with van der Waals surface area (Å²) < 4.78 is 15.6. The highest BCUT2D eigenvalue weighted by Crippen LogP contribution is 2.29. The summed E-state index contributed by atoms with van der Waals surface area (Å²) in [7, 11) is 2.99. The van der Waals surface area contributed by atoms with Gasteiger partial charge in [0.1, 0.15) is 11.4 Å². The van der Waals surface area contributed by atoms with E-state index >= 15 is 0 Å². The van der Waals surface area contributed by atoms with E-state index in [2.05, 4.69) is 0 Å². The minimum atomic E-state index is -1.23. The molecule has 4 nitrogen and oxygen atoms in total. The van der Waals surface area contributed by atoms with Gasteiger partial charge in [-0.05, 0) is 31.5 Å². The zero-order valence-electron chi connectivity index (χ0n) is 10.8. The Bertz CT molecular complexity index is 345. The number of benzene rings is 1. The fourth-order valence-corrected chi connectivity index (χ4v) is 1.76. The molecule has 0 aliphatic rings. The van der Waals surface area contributed by atoms with Crippen LogP contribution in [0.15, 0.2) is 24.3 Å². The number of rotatable bonds is 6. The molecule has 4 heteroatoms. The van der Waals surface area contributed by atoms with E-state index in [4.69, 9.17) is 14.2 Å². The molecule has 0 radical (unpaired) electrons. The minimum absolute atomic E-state index is 0.587. The van der Waals surface area contributed by atoms with Crippen LogP contribution in [-0.2, 0) is 15.1 Å². The molecular formula is C13H20O4. The summed E-state index contributed by atoms with van der Waals surface area (Å²) in [5.74, 6) is 0.719. The van der Waals surface area contributed by atoms with Gasteiger partial charge in [0.15, 0.2) is 6.29 Å². The Morgan fingerprint density at radius 2 is 1.94 bits per heavy atom. The number of hydrogen-bond donors (Lipinski definition) is 1. The molecule has 0 aliphatic carbocycles. The van der Waals surface area contributed by atoms with Crippen molar-refractivity contribution in [1.82, 2.24) is 0 Å². The molecule has 1 aromatic carbocycles. The van der Waals surface area contributed by atoms with Crippen LogP contribution in [0.3, 0.4) is 0 Å². The average Bonchev–Trinajstić information content (AvgIpc) is 2.31. The molecule has 1 unspecified atom stereocenters. The Labute approximate surface area is 102 Å². The van der Waals surface area contributed by atoms with Crippen LogP contribution in [0.25, 0.3) is 0 Å². The Balaban J connectivity index is 3.00. The SMILES string of the molecule is CCOc1cccc(C(C)(O)C(OC)OC)c1. The van der Waals surface area contributed by atoms with Gasteiger partial charge in [-0.3, -0.25) is 0 Å². The van der Waals surface area contributed by atoms with Crippen molar-refractivity contribution in [1.29, 1.82) is 0 Å². The lowest BCUT2D eigenvalue weighted by atomic mass is 9.95. The van der Waals surface area contributed by atoms with Crippen molar-refractivity contribution in [3.05, 3.63) is 29.8 Å². The second-order valence-corrected chi connectivity index (χ2v) is 3.91. The van der Waals surface area contributed by atoms with Crippen molar-refractivity contribution in [3.63, 3.8) is 0 Å². The van der Waals surface area contributed by atoms with Gasteiger partial charge in [-0.1, -0.05) is 12.1 Å². The summed E-state index contributed by atoms with van der Waals surface area (Å²) in [5.41, 5.74) is -0.534. The maximum absolute atomic E-state index is 10.4. The van der Waals surface area contributed by atoms with Crippen molar-refractivity contribution in [2.45, 2.75) is 25.7 Å². The van der Waals surface area contributed by atoms with Gasteiger partial charge in [0.05, 0.1) is 6.61 Å². The first-order chi connectivity index (χ1) is 8.06. The first-order valence-electron chi connectivity index (χ1n) is 5.57. The molecule has 0 saturated heterocycles. The molecule has 0 fully saturated rings. The first kappa shape index (κ1) is 14.0. The second-order valence-electron chi connectivity index (χ2n) is 3.91. The average molecular weight is 240 g/mol. The maximum Gasteiger partial charge on any atom is 0.189 e. The van der Waals surface area contributed by atoms with E-state index < -0.39 is 11.9 Å². The highest BCUT2D eigenvalue weighted by Gasteiger charge is 2.34. The Kier molecular flexibility index (Phi) is 4.93. The van der Waals surface area contributed by atoms with Crippen LogP contribution in [0.1, 0.15) is 19.4 Å². The summed E-state index contributed by atoms with van der Waals surface area (Å²) in [6.45, 7) is 4.15. The predicted molar refractivity (Wildman–Crippen MR) is 65.0 cm³/mol. The normalized spacial score (nSPS) is 14.7. The Morgan fingerprint density at radius 1 is 1.29 bits per heavy atom. The van der Waals surface area contributed by atoms with Crippen LogP contribution in [0.4, 0.5) is 0 Å². The highest BCUT2D eigenvalue weighted by molar-refractivity contribution is 5.32. The van der Waals surface area contributed by atoms with Crippen LogP contribution in [0.2, 0.25) is 0 Å². The van der Waals surface area contributed by atoms with Crippen LogP contribution < -0.4 is 4.74 Å². The van der Waals surface area contributed by atoms with Crippen LogP contribution >= 0.6 is 0 Å². The van der Waals surface area contributed by atoms with E-state index in [9.17, 15) is 5.11 Å². The summed E-state index contributed by atoms with van der Waals surface area (Å²) in [6.07, 6.45) is -0.723. The molecule has 17 heavy (non-hydrogen) atoms. The van der Waals surface area contributed by atoms with E-state index in [1.165, 1.54) is 14.2 Å². The second kappa shape index (κ2) is 6.00. The molecule has 96 valence electrons. The molecule has 0 aromatic heterocycles. The van der Waals surface area contributed by atoms with E-state index in [1.54, 1.807) is 13.0 Å². The van der Waals surface area contributed by atoms with E-state index in [1.807, 2.05) is 25.1 Å². The van der Waals surface area contributed by atoms with Gasteiger partial charge in [0, 0.05) is 14.2 Å². The van der Waals surface area contributed by atoms with Crippen LogP contribution in [0, 0.1) is 0 Å². The molecule has 0 heterocycles. The highest BCUT2D eigenvalue weighted by atomic mass is 16.7. The Morgan fingerprint density at radius 3 is 2.47 bits per heavy atom. The zero-order chi connectivity index (χ0) is 12.9. The standard InChI is InChI=1S/C13H20O4/c1-5-17-11-8-6-7-10(9-11)13(2,14)12(15-3)16-4/h6-9,12,14H,5H2,1-4H3. The topological polar surface area (TPSA) is 47.9 Å². The number of ether oxygens (including phenoxy) is 3. The fourth-order valence-electron chi connectivity index (χ4n) is 1.76. The molecule has 0 bridgehead atoms. The number of methoxy groups -OCH3 is 2. The van der Waals surface area contributed by atoms with Gasteiger partial charge in [0.2, 0.25) is 0 Å². The number of aliphatic hydroxyl groups is 1. The van der Waals surface area contributed by atoms with Crippen molar-refractivity contribution >= 4 is 0 Å². The monoisotopic (exact) mass is 240 g/mol. The maximum atomic E-state index is 10.4. The molecule has 1 N–H and O–H groups in total. The molecule has 0 amide bonds. The third kappa shape index (κ3) is 3.19. The Hall–Kier alpha value is -1.10.